The highest BCUT2D eigenvalue weighted by molar-refractivity contribution is 7.92. The Bertz CT molecular complexity index is 1820. The maximum atomic E-state index is 14.7. The molecule has 4 aromatic rings. The number of nitrogens with one attached hydrogen (secondary N) is 1. The van der Waals surface area contributed by atoms with Crippen LogP contribution in [0.5, 0.6) is 0 Å². The van der Waals surface area contributed by atoms with E-state index in [-0.39, 0.29) is 35.5 Å². The molecule has 0 aliphatic heterocycles. The summed E-state index contributed by atoms with van der Waals surface area (Å²) in [5.41, 5.74) is 2.25. The second-order valence-corrected chi connectivity index (χ2v) is 15.1. The minimum absolute atomic E-state index is 0.00562. The molecule has 0 heterocycles. The first kappa shape index (κ1) is 35.7. The highest BCUT2D eigenvalue weighted by Gasteiger charge is 2.36. The average molecular weight is 727 g/mol. The van der Waals surface area contributed by atoms with Gasteiger partial charge in [-0.2, -0.15) is 0 Å². The quantitative estimate of drug-likeness (QED) is 0.159. The lowest BCUT2D eigenvalue weighted by molar-refractivity contribution is -0.140. The summed E-state index contributed by atoms with van der Waals surface area (Å²) in [6.07, 6.45) is 5.03. The number of benzene rings is 4. The molecule has 0 saturated heterocycles. The van der Waals surface area contributed by atoms with E-state index in [1.807, 2.05) is 37.3 Å². The van der Waals surface area contributed by atoms with Crippen LogP contribution in [0.25, 0.3) is 0 Å². The van der Waals surface area contributed by atoms with Crippen molar-refractivity contribution in [3.63, 3.8) is 0 Å². The minimum Gasteiger partial charge on any atom is -0.352 e. The van der Waals surface area contributed by atoms with Crippen LogP contribution in [0.2, 0.25) is 15.1 Å². The monoisotopic (exact) mass is 725 g/mol. The number of sulfonamides is 1. The summed E-state index contributed by atoms with van der Waals surface area (Å²) in [5, 5.41) is 4.19. The molecule has 0 unspecified atom stereocenters. The topological polar surface area (TPSA) is 86.8 Å². The van der Waals surface area contributed by atoms with E-state index in [2.05, 4.69) is 5.32 Å². The molecule has 1 saturated carbocycles. The number of carbonyl (C=O) groups excluding carboxylic acids is 2. The number of amides is 2. The SMILES string of the molecule is Cc1ccc(N(CC(=O)N(Cc2c(Cl)cccc2Cl)[C@@H](Cc2ccccc2)C(=O)NC2CCCCC2)S(=O)(=O)c2ccccc2)cc1Cl. The number of rotatable bonds is 12. The number of aryl methyl sites for hydroxylation is 1. The average Bonchev–Trinajstić information content (AvgIpc) is 3.08. The van der Waals surface area contributed by atoms with E-state index in [1.165, 1.54) is 23.1 Å². The molecule has 1 aliphatic rings. The summed E-state index contributed by atoms with van der Waals surface area (Å²) < 4.78 is 29.4. The number of halogens is 3. The number of carbonyl (C=O) groups is 2. The van der Waals surface area contributed by atoms with Crippen LogP contribution in [0.3, 0.4) is 0 Å². The van der Waals surface area contributed by atoms with Crippen molar-refractivity contribution >= 4 is 62.3 Å². The van der Waals surface area contributed by atoms with Gasteiger partial charge in [-0.05, 0) is 67.3 Å². The van der Waals surface area contributed by atoms with E-state index in [1.54, 1.807) is 48.5 Å². The van der Waals surface area contributed by atoms with Gasteiger partial charge in [0.15, 0.2) is 0 Å². The third-order valence-electron chi connectivity index (χ3n) is 8.67. The zero-order valence-corrected chi connectivity index (χ0v) is 29.7. The molecule has 1 N–H and O–H groups in total. The Balaban J connectivity index is 1.60. The van der Waals surface area contributed by atoms with Crippen molar-refractivity contribution < 1.29 is 18.0 Å². The van der Waals surface area contributed by atoms with Gasteiger partial charge in [0.2, 0.25) is 11.8 Å². The molecule has 0 bridgehead atoms. The van der Waals surface area contributed by atoms with Gasteiger partial charge in [-0.3, -0.25) is 13.9 Å². The molecule has 4 aromatic carbocycles. The van der Waals surface area contributed by atoms with Crippen LogP contribution in [0.1, 0.15) is 48.8 Å². The first-order valence-corrected chi connectivity index (χ1v) is 18.5. The lowest BCUT2D eigenvalue weighted by Crippen LogP contribution is -2.55. The molecule has 1 fully saturated rings. The minimum atomic E-state index is -4.25. The van der Waals surface area contributed by atoms with Gasteiger partial charge in [-0.15, -0.1) is 0 Å². The first-order valence-electron chi connectivity index (χ1n) is 15.9. The van der Waals surface area contributed by atoms with Crippen molar-refractivity contribution in [2.45, 2.75) is 69.0 Å². The number of anilines is 1. The van der Waals surface area contributed by atoms with E-state index in [0.717, 1.165) is 47.5 Å². The van der Waals surface area contributed by atoms with Gasteiger partial charge in [0.25, 0.3) is 10.0 Å². The van der Waals surface area contributed by atoms with Crippen molar-refractivity contribution in [3.8, 4) is 0 Å². The second kappa shape index (κ2) is 16.2. The van der Waals surface area contributed by atoms with E-state index >= 15 is 0 Å². The van der Waals surface area contributed by atoms with Crippen molar-refractivity contribution in [1.82, 2.24) is 10.2 Å². The summed E-state index contributed by atoms with van der Waals surface area (Å²) in [4.78, 5) is 30.4. The summed E-state index contributed by atoms with van der Waals surface area (Å²) in [5.74, 6) is -0.931. The van der Waals surface area contributed by atoms with Crippen LogP contribution in [0, 0.1) is 6.92 Å². The zero-order chi connectivity index (χ0) is 34.3. The number of hydrogen-bond donors (Lipinski definition) is 1. The Labute approximate surface area is 297 Å². The van der Waals surface area contributed by atoms with E-state index in [9.17, 15) is 18.0 Å². The fourth-order valence-corrected chi connectivity index (χ4v) is 8.06. The molecule has 7 nitrogen and oxygen atoms in total. The van der Waals surface area contributed by atoms with Crippen LogP contribution >= 0.6 is 34.8 Å². The smallest absolute Gasteiger partial charge is 0.264 e. The molecule has 0 spiro atoms. The van der Waals surface area contributed by atoms with Crippen molar-refractivity contribution in [1.29, 1.82) is 0 Å². The summed E-state index contributed by atoms with van der Waals surface area (Å²) in [6, 6.07) is 26.2. The van der Waals surface area contributed by atoms with Gasteiger partial charge in [0.1, 0.15) is 12.6 Å². The van der Waals surface area contributed by atoms with Gasteiger partial charge < -0.3 is 10.2 Å². The summed E-state index contributed by atoms with van der Waals surface area (Å²) in [6.45, 7) is 1.07. The van der Waals surface area contributed by atoms with Crippen LogP contribution in [-0.2, 0) is 32.6 Å². The molecular weight excluding hydrogens is 689 g/mol. The Morgan fingerprint density at radius 3 is 2.06 bits per heavy atom. The normalized spacial score (nSPS) is 14.2. The number of nitrogens with zero attached hydrogens (tertiary/aromatic N) is 2. The van der Waals surface area contributed by atoms with Gasteiger partial charge in [0.05, 0.1) is 10.6 Å². The molecule has 0 aromatic heterocycles. The fourth-order valence-electron chi connectivity index (χ4n) is 5.94. The molecule has 1 atom stereocenters. The zero-order valence-electron chi connectivity index (χ0n) is 26.6. The van der Waals surface area contributed by atoms with E-state index < -0.39 is 28.5 Å². The third-order valence-corrected chi connectivity index (χ3v) is 11.6. The Hall–Kier alpha value is -3.56. The maximum absolute atomic E-state index is 14.7. The lowest BCUT2D eigenvalue weighted by atomic mass is 9.94. The Morgan fingerprint density at radius 2 is 1.44 bits per heavy atom. The first-order chi connectivity index (χ1) is 23.0. The van der Waals surface area contributed by atoms with E-state index in [4.69, 9.17) is 34.8 Å². The maximum Gasteiger partial charge on any atom is 0.264 e. The van der Waals surface area contributed by atoms with Crippen LogP contribution in [-0.4, -0.2) is 43.8 Å². The Morgan fingerprint density at radius 1 is 0.812 bits per heavy atom. The predicted molar refractivity (Wildman–Crippen MR) is 193 cm³/mol. The fraction of sp³-hybridized carbons (Fsp3) is 0.297. The van der Waals surface area contributed by atoms with Gasteiger partial charge in [-0.25, -0.2) is 8.42 Å². The standard InChI is InChI=1S/C37H38Cl3N3O4S/c1-26-20-21-29(23-34(26)40)43(48(46,47)30-16-9-4-10-17-30)25-36(44)42(24-31-32(38)18-11-19-33(31)39)35(22-27-12-5-2-6-13-27)37(45)41-28-14-7-3-8-15-28/h2,4-6,9-13,16-21,23,28,35H,3,7-8,14-15,22,24-25H2,1H3,(H,41,45)/t35-/m0/s1. The lowest BCUT2D eigenvalue weighted by Gasteiger charge is -2.35. The van der Waals surface area contributed by atoms with Gasteiger partial charge in [-0.1, -0.05) is 115 Å². The van der Waals surface area contributed by atoms with Crippen molar-refractivity contribution in [2.24, 2.45) is 0 Å². The highest BCUT2D eigenvalue weighted by Crippen LogP contribution is 2.31. The summed E-state index contributed by atoms with van der Waals surface area (Å²) >= 11 is 19.7. The largest absolute Gasteiger partial charge is 0.352 e. The predicted octanol–water partition coefficient (Wildman–Crippen LogP) is 8.24. The van der Waals surface area contributed by atoms with Crippen LogP contribution < -0.4 is 9.62 Å². The molecule has 48 heavy (non-hydrogen) atoms. The van der Waals surface area contributed by atoms with Gasteiger partial charge in [0, 0.05) is 39.6 Å². The molecule has 2 amide bonds. The number of hydrogen-bond acceptors (Lipinski definition) is 4. The molecule has 1 aliphatic carbocycles. The molecular formula is C37H38Cl3N3O4S. The van der Waals surface area contributed by atoms with Crippen LogP contribution in [0.15, 0.2) is 102 Å². The van der Waals surface area contributed by atoms with Crippen molar-refractivity contribution in [3.05, 3.63) is 129 Å². The molecule has 5 rings (SSSR count). The van der Waals surface area contributed by atoms with Crippen LogP contribution in [0.4, 0.5) is 5.69 Å². The van der Waals surface area contributed by atoms with E-state index in [0.29, 0.717) is 20.6 Å². The second-order valence-electron chi connectivity index (χ2n) is 12.0. The molecule has 252 valence electrons. The van der Waals surface area contributed by atoms with Crippen molar-refractivity contribution in [2.75, 3.05) is 10.8 Å². The highest BCUT2D eigenvalue weighted by atomic mass is 35.5. The third kappa shape index (κ3) is 8.72. The van der Waals surface area contributed by atoms with Gasteiger partial charge >= 0.3 is 0 Å². The summed E-state index contributed by atoms with van der Waals surface area (Å²) in [7, 11) is -4.25. The molecule has 0 radical (unpaired) electrons. The Kier molecular flexibility index (Phi) is 12.1. The molecule has 11 heteroatoms.